The minimum atomic E-state index is -0.269. The van der Waals surface area contributed by atoms with Gasteiger partial charge in [0.15, 0.2) is 5.78 Å². The molecule has 0 bridgehead atoms. The Morgan fingerprint density at radius 3 is 2.19 bits per heavy atom. The second kappa shape index (κ2) is 10.4. The van der Waals surface area contributed by atoms with Crippen molar-refractivity contribution in [2.45, 2.75) is 57.8 Å². The normalized spacial score (nSPS) is 19.4. The predicted octanol–water partition coefficient (Wildman–Crippen LogP) is 6.06. The van der Waals surface area contributed by atoms with Gasteiger partial charge in [-0.25, -0.2) is 4.39 Å². The zero-order chi connectivity index (χ0) is 19.8. The monoisotopic (exact) mass is 369 g/mol. The van der Waals surface area contributed by atoms with Gasteiger partial charge in [0.05, 0.1) is 0 Å². The number of fused-ring (bicyclic) bond motifs is 2. The molecule has 2 aromatic rings. The molecule has 0 aliphatic heterocycles. The van der Waals surface area contributed by atoms with E-state index in [0.29, 0.717) is 5.56 Å². The summed E-state index contributed by atoms with van der Waals surface area (Å²) in [6, 6.07) is 12.4. The number of benzene rings is 2. The molecule has 4 rings (SSSR count). The van der Waals surface area contributed by atoms with Crippen LogP contribution in [0.5, 0.6) is 0 Å². The highest BCUT2D eigenvalue weighted by atomic mass is 19.1. The summed E-state index contributed by atoms with van der Waals surface area (Å²) < 4.78 is 13.7. The Morgan fingerprint density at radius 1 is 1.00 bits per heavy atom. The van der Waals surface area contributed by atoms with Crippen molar-refractivity contribution >= 4 is 5.78 Å². The Labute approximate surface area is 163 Å². The number of nitrogens with one attached hydrogen (secondary N) is 1. The molecule has 1 unspecified atom stereocenters. The molecule has 0 aromatic heterocycles. The van der Waals surface area contributed by atoms with Crippen molar-refractivity contribution in [3.8, 4) is 0 Å². The van der Waals surface area contributed by atoms with Crippen molar-refractivity contribution < 1.29 is 9.18 Å². The summed E-state index contributed by atoms with van der Waals surface area (Å²) in [6.45, 7) is 4.25. The van der Waals surface area contributed by atoms with Gasteiger partial charge in [-0.05, 0) is 61.7 Å². The zero-order valence-corrected chi connectivity index (χ0v) is 17.0. The third kappa shape index (κ3) is 5.49. The van der Waals surface area contributed by atoms with Gasteiger partial charge in [0, 0.05) is 11.1 Å². The van der Waals surface area contributed by atoms with Gasteiger partial charge in [-0.2, -0.15) is 0 Å². The number of carbonyl (C=O) groups is 1. The summed E-state index contributed by atoms with van der Waals surface area (Å²) in [5.41, 5.74) is 3.37. The number of halogens is 1. The van der Waals surface area contributed by atoms with Crippen molar-refractivity contribution in [1.82, 2.24) is 5.32 Å². The molecular weight excluding hydrogens is 337 g/mol. The fourth-order valence-corrected chi connectivity index (χ4v) is 3.49. The van der Waals surface area contributed by atoms with E-state index in [9.17, 15) is 9.18 Å². The van der Waals surface area contributed by atoms with E-state index in [1.54, 1.807) is 6.07 Å². The van der Waals surface area contributed by atoms with Crippen LogP contribution in [0.2, 0.25) is 0 Å². The number of rotatable bonds is 2. The van der Waals surface area contributed by atoms with Crippen molar-refractivity contribution in [3.63, 3.8) is 0 Å². The highest BCUT2D eigenvalue weighted by Gasteiger charge is 2.31. The highest BCUT2D eigenvalue weighted by molar-refractivity contribution is 6.11. The molecule has 1 fully saturated rings. The van der Waals surface area contributed by atoms with E-state index in [4.69, 9.17) is 0 Å². The molecule has 2 atom stereocenters. The molecule has 0 saturated heterocycles. The van der Waals surface area contributed by atoms with Gasteiger partial charge >= 0.3 is 0 Å². The van der Waals surface area contributed by atoms with Crippen LogP contribution in [0.25, 0.3) is 0 Å². The van der Waals surface area contributed by atoms with Gasteiger partial charge in [0.1, 0.15) is 5.82 Å². The number of hydrogen-bond acceptors (Lipinski definition) is 2. The summed E-state index contributed by atoms with van der Waals surface area (Å²) in [7, 11) is 3.75. The Balaban J connectivity index is 0.000000377. The van der Waals surface area contributed by atoms with Crippen LogP contribution in [0.15, 0.2) is 42.5 Å². The van der Waals surface area contributed by atoms with Gasteiger partial charge in [0.2, 0.25) is 0 Å². The van der Waals surface area contributed by atoms with Gasteiger partial charge in [-0.15, -0.1) is 0 Å². The SMILES string of the molecule is C1CC1.CCC[C@@H]1c2ccccc2C(=O)c2ccc(F)cc2C1C.CNC. The third-order valence-electron chi connectivity index (χ3n) is 4.91. The van der Waals surface area contributed by atoms with Crippen molar-refractivity contribution in [3.05, 3.63) is 70.5 Å². The molecule has 0 radical (unpaired) electrons. The van der Waals surface area contributed by atoms with E-state index in [-0.39, 0.29) is 23.4 Å². The Morgan fingerprint density at radius 2 is 1.59 bits per heavy atom. The van der Waals surface area contributed by atoms with Crippen LogP contribution in [0.4, 0.5) is 4.39 Å². The molecule has 2 aliphatic rings. The van der Waals surface area contributed by atoms with E-state index >= 15 is 0 Å². The Kier molecular flexibility index (Phi) is 8.18. The molecule has 1 N–H and O–H groups in total. The molecule has 0 amide bonds. The first kappa shape index (κ1) is 21.3. The molecule has 0 spiro atoms. The lowest BCUT2D eigenvalue weighted by molar-refractivity contribution is 0.103. The van der Waals surface area contributed by atoms with Gasteiger partial charge in [-0.3, -0.25) is 4.79 Å². The molecule has 2 nitrogen and oxygen atoms in total. The first-order chi connectivity index (χ1) is 13.0. The fraction of sp³-hybridized carbons (Fsp3) is 0.458. The van der Waals surface area contributed by atoms with Crippen LogP contribution < -0.4 is 5.32 Å². The maximum Gasteiger partial charge on any atom is 0.193 e. The third-order valence-corrected chi connectivity index (χ3v) is 4.91. The summed E-state index contributed by atoms with van der Waals surface area (Å²) in [5.74, 6) is 0.155. The number of hydrogen-bond donors (Lipinski definition) is 1. The van der Waals surface area contributed by atoms with Crippen LogP contribution in [-0.2, 0) is 0 Å². The van der Waals surface area contributed by atoms with E-state index < -0.39 is 0 Å². The fourth-order valence-electron chi connectivity index (χ4n) is 3.49. The van der Waals surface area contributed by atoms with E-state index in [2.05, 4.69) is 19.2 Å². The van der Waals surface area contributed by atoms with Crippen LogP contribution in [0, 0.1) is 5.82 Å². The first-order valence-electron chi connectivity index (χ1n) is 10.1. The molecule has 3 heteroatoms. The number of ketones is 1. The minimum absolute atomic E-state index is 0.0195. The van der Waals surface area contributed by atoms with Crippen LogP contribution in [-0.4, -0.2) is 19.9 Å². The Bertz CT molecular complexity index is 751. The molecular formula is C24H32FNO. The van der Waals surface area contributed by atoms with E-state index in [0.717, 1.165) is 29.5 Å². The lowest BCUT2D eigenvalue weighted by Gasteiger charge is -2.24. The summed E-state index contributed by atoms with van der Waals surface area (Å²) in [5, 5.41) is 2.75. The maximum absolute atomic E-state index is 13.7. The van der Waals surface area contributed by atoms with Crippen LogP contribution in [0.1, 0.15) is 84.8 Å². The second-order valence-electron chi connectivity index (χ2n) is 7.39. The standard InChI is InChI=1S/C19H19FO.C3H6.C2H7N/c1-3-6-14-12(2)18-11-13(20)9-10-17(18)19(21)16-8-5-4-7-15(14)16;1-2-3-1;1-3-2/h4-5,7-12,14H,3,6H2,1-2H3;1-3H2;3H,1-2H3/t12?,14-;;/m0../s1. The van der Waals surface area contributed by atoms with Crippen LogP contribution in [0.3, 0.4) is 0 Å². The number of carbonyl (C=O) groups excluding carboxylic acids is 1. The van der Waals surface area contributed by atoms with E-state index in [1.165, 1.54) is 31.4 Å². The Hall–Kier alpha value is -2.00. The minimum Gasteiger partial charge on any atom is -0.323 e. The topological polar surface area (TPSA) is 29.1 Å². The molecule has 0 heterocycles. The highest BCUT2D eigenvalue weighted by Crippen LogP contribution is 2.42. The summed E-state index contributed by atoms with van der Waals surface area (Å²) in [4.78, 5) is 12.8. The lowest BCUT2D eigenvalue weighted by Crippen LogP contribution is -2.08. The molecule has 2 aliphatic carbocycles. The van der Waals surface area contributed by atoms with Crippen molar-refractivity contribution in [1.29, 1.82) is 0 Å². The zero-order valence-electron chi connectivity index (χ0n) is 17.0. The van der Waals surface area contributed by atoms with Gasteiger partial charge in [-0.1, -0.05) is 63.8 Å². The average molecular weight is 370 g/mol. The lowest BCUT2D eigenvalue weighted by atomic mass is 9.80. The quantitative estimate of drug-likeness (QED) is 0.697. The van der Waals surface area contributed by atoms with Gasteiger partial charge < -0.3 is 5.32 Å². The summed E-state index contributed by atoms with van der Waals surface area (Å²) in [6.07, 6.45) is 6.55. The molecule has 1 saturated carbocycles. The van der Waals surface area contributed by atoms with Gasteiger partial charge in [0.25, 0.3) is 0 Å². The van der Waals surface area contributed by atoms with Crippen molar-refractivity contribution in [2.24, 2.45) is 0 Å². The molecule has 2 aromatic carbocycles. The van der Waals surface area contributed by atoms with Crippen LogP contribution >= 0.6 is 0 Å². The first-order valence-corrected chi connectivity index (χ1v) is 10.1. The average Bonchev–Trinajstić information content (AvgIpc) is 3.55. The van der Waals surface area contributed by atoms with Crippen molar-refractivity contribution in [2.75, 3.05) is 14.1 Å². The van der Waals surface area contributed by atoms with E-state index in [1.807, 2.05) is 38.4 Å². The molecule has 27 heavy (non-hydrogen) atoms. The smallest absolute Gasteiger partial charge is 0.193 e. The predicted molar refractivity (Wildman–Crippen MR) is 111 cm³/mol. The largest absolute Gasteiger partial charge is 0.323 e. The maximum atomic E-state index is 13.7. The molecule has 146 valence electrons. The second-order valence-corrected chi connectivity index (χ2v) is 7.39. The summed E-state index contributed by atoms with van der Waals surface area (Å²) >= 11 is 0.